The van der Waals surface area contributed by atoms with Crippen molar-refractivity contribution in [1.82, 2.24) is 15.0 Å². The third kappa shape index (κ3) is 4.38. The molecular formula is C47H29N5. The summed E-state index contributed by atoms with van der Waals surface area (Å²) >= 11 is 0. The zero-order chi connectivity index (χ0) is 34.6. The van der Waals surface area contributed by atoms with E-state index in [1.807, 2.05) is 72.8 Å². The predicted molar refractivity (Wildman–Crippen MR) is 206 cm³/mol. The van der Waals surface area contributed by atoms with Crippen LogP contribution >= 0.6 is 0 Å². The molecule has 2 heterocycles. The van der Waals surface area contributed by atoms with E-state index in [0.29, 0.717) is 23.0 Å². The summed E-state index contributed by atoms with van der Waals surface area (Å²) in [6.45, 7) is 0. The molecule has 0 atom stereocenters. The summed E-state index contributed by atoms with van der Waals surface area (Å²) in [6, 6.07) is 63.2. The van der Waals surface area contributed by atoms with E-state index in [4.69, 9.17) is 15.0 Å². The number of hydrogen-bond donors (Lipinski definition) is 0. The molecule has 0 amide bonds. The first-order valence-corrected chi connectivity index (χ1v) is 17.3. The van der Waals surface area contributed by atoms with Crippen LogP contribution in [-0.2, 0) is 5.41 Å². The van der Waals surface area contributed by atoms with Gasteiger partial charge in [0.25, 0.3) is 0 Å². The maximum absolute atomic E-state index is 10.5. The van der Waals surface area contributed by atoms with Gasteiger partial charge in [0.2, 0.25) is 0 Å². The number of rotatable bonds is 4. The van der Waals surface area contributed by atoms with Crippen molar-refractivity contribution in [3.8, 4) is 51.4 Å². The molecule has 1 spiro atoms. The molecule has 5 nitrogen and oxygen atoms in total. The molecule has 1 aromatic heterocycles. The zero-order valence-corrected chi connectivity index (χ0v) is 28.0. The number of para-hydroxylation sites is 2. The van der Waals surface area contributed by atoms with E-state index in [-0.39, 0.29) is 0 Å². The molecule has 0 fully saturated rings. The lowest BCUT2D eigenvalue weighted by atomic mass is 9.64. The minimum absolute atomic E-state index is 0.500. The molecule has 1 aliphatic heterocycles. The van der Waals surface area contributed by atoms with E-state index in [2.05, 4.69) is 114 Å². The molecule has 5 heteroatoms. The van der Waals surface area contributed by atoms with E-state index >= 15 is 0 Å². The normalized spacial score (nSPS) is 13.1. The van der Waals surface area contributed by atoms with Crippen molar-refractivity contribution in [2.45, 2.75) is 5.41 Å². The van der Waals surface area contributed by atoms with Crippen LogP contribution in [0.2, 0.25) is 0 Å². The minimum Gasteiger partial charge on any atom is -0.310 e. The quantitative estimate of drug-likeness (QED) is 0.187. The zero-order valence-electron chi connectivity index (χ0n) is 28.0. The lowest BCUT2D eigenvalue weighted by Gasteiger charge is -2.45. The van der Waals surface area contributed by atoms with Gasteiger partial charge in [-0.05, 0) is 63.7 Å². The van der Waals surface area contributed by atoms with Crippen molar-refractivity contribution >= 4 is 17.1 Å². The molecule has 0 radical (unpaired) electrons. The van der Waals surface area contributed by atoms with Crippen molar-refractivity contribution in [1.29, 1.82) is 5.26 Å². The lowest BCUT2D eigenvalue weighted by molar-refractivity contribution is 0.752. The van der Waals surface area contributed by atoms with Gasteiger partial charge in [0.15, 0.2) is 17.5 Å². The Kier molecular flexibility index (Phi) is 6.70. The summed E-state index contributed by atoms with van der Waals surface area (Å²) in [7, 11) is 0. The number of fused-ring (bicyclic) bond motifs is 9. The SMILES string of the molecule is N#Cc1cc(-c2nc(-c3ccccc3)nc(-c3ccccc3)n2)cc(N2c3ccccc3C3(c4ccccc4-c4ccccc43)c3ccccc32)c1. The van der Waals surface area contributed by atoms with Crippen molar-refractivity contribution in [3.05, 3.63) is 204 Å². The van der Waals surface area contributed by atoms with Crippen LogP contribution in [0, 0.1) is 11.3 Å². The van der Waals surface area contributed by atoms with Gasteiger partial charge in [-0.3, -0.25) is 0 Å². The monoisotopic (exact) mass is 663 g/mol. The van der Waals surface area contributed by atoms with Crippen molar-refractivity contribution < 1.29 is 0 Å². The number of benzene rings is 7. The van der Waals surface area contributed by atoms with E-state index in [0.717, 1.165) is 33.8 Å². The van der Waals surface area contributed by atoms with Crippen LogP contribution in [0.1, 0.15) is 27.8 Å². The predicted octanol–water partition coefficient (Wildman–Crippen LogP) is 10.9. The van der Waals surface area contributed by atoms with Crippen molar-refractivity contribution in [3.63, 3.8) is 0 Å². The van der Waals surface area contributed by atoms with E-state index in [1.54, 1.807) is 0 Å². The molecule has 2 aliphatic rings. The molecule has 7 aromatic carbocycles. The highest BCUT2D eigenvalue weighted by Gasteiger charge is 2.51. The number of nitriles is 1. The Labute approximate surface area is 301 Å². The largest absolute Gasteiger partial charge is 0.310 e. The molecule has 52 heavy (non-hydrogen) atoms. The summed E-state index contributed by atoms with van der Waals surface area (Å²) in [6.07, 6.45) is 0. The fourth-order valence-electron chi connectivity index (χ4n) is 8.21. The highest BCUT2D eigenvalue weighted by Crippen LogP contribution is 2.63. The Morgan fingerprint density at radius 3 is 1.35 bits per heavy atom. The van der Waals surface area contributed by atoms with Crippen molar-refractivity contribution in [2.75, 3.05) is 4.90 Å². The average molecular weight is 664 g/mol. The second kappa shape index (κ2) is 11.7. The summed E-state index contributed by atoms with van der Waals surface area (Å²) in [5.74, 6) is 1.64. The van der Waals surface area contributed by atoms with E-state index in [1.165, 1.54) is 33.4 Å². The summed E-state index contributed by atoms with van der Waals surface area (Å²) in [4.78, 5) is 17.2. The Hall–Kier alpha value is -7.16. The third-order valence-electron chi connectivity index (χ3n) is 10.3. The molecule has 8 aromatic rings. The average Bonchev–Trinajstić information content (AvgIpc) is 3.52. The summed E-state index contributed by atoms with van der Waals surface area (Å²) < 4.78 is 0. The molecule has 0 N–H and O–H groups in total. The van der Waals surface area contributed by atoms with Gasteiger partial charge in [-0.25, -0.2) is 15.0 Å². The molecule has 0 saturated heterocycles. The Balaban J connectivity index is 1.22. The fourth-order valence-corrected chi connectivity index (χ4v) is 8.21. The van der Waals surface area contributed by atoms with Gasteiger partial charge in [0.05, 0.1) is 28.4 Å². The van der Waals surface area contributed by atoms with Crippen LogP contribution in [0.15, 0.2) is 176 Å². The minimum atomic E-state index is -0.518. The van der Waals surface area contributed by atoms with Crippen LogP contribution in [0.5, 0.6) is 0 Å². The van der Waals surface area contributed by atoms with Gasteiger partial charge in [-0.15, -0.1) is 0 Å². The maximum atomic E-state index is 10.5. The Morgan fingerprint density at radius 1 is 0.423 bits per heavy atom. The van der Waals surface area contributed by atoms with Crippen LogP contribution < -0.4 is 4.90 Å². The van der Waals surface area contributed by atoms with Crippen LogP contribution in [0.3, 0.4) is 0 Å². The van der Waals surface area contributed by atoms with Gasteiger partial charge < -0.3 is 4.90 Å². The number of aromatic nitrogens is 3. The van der Waals surface area contributed by atoms with Crippen LogP contribution in [0.25, 0.3) is 45.3 Å². The molecule has 0 bridgehead atoms. The van der Waals surface area contributed by atoms with E-state index in [9.17, 15) is 5.26 Å². The van der Waals surface area contributed by atoms with Crippen molar-refractivity contribution in [2.24, 2.45) is 0 Å². The molecule has 0 unspecified atom stereocenters. The van der Waals surface area contributed by atoms with Gasteiger partial charge in [-0.1, -0.05) is 146 Å². The van der Waals surface area contributed by atoms with Crippen LogP contribution in [0.4, 0.5) is 17.1 Å². The number of hydrogen-bond acceptors (Lipinski definition) is 5. The highest BCUT2D eigenvalue weighted by molar-refractivity contribution is 5.96. The Morgan fingerprint density at radius 2 is 0.846 bits per heavy atom. The first-order chi connectivity index (χ1) is 25.7. The number of anilines is 3. The third-order valence-corrected chi connectivity index (χ3v) is 10.3. The molecule has 1 aliphatic carbocycles. The van der Waals surface area contributed by atoms with E-state index < -0.39 is 5.41 Å². The fraction of sp³-hybridized carbons (Fsp3) is 0.0213. The maximum Gasteiger partial charge on any atom is 0.164 e. The first kappa shape index (κ1) is 29.7. The first-order valence-electron chi connectivity index (χ1n) is 17.3. The lowest BCUT2D eigenvalue weighted by Crippen LogP contribution is -2.36. The van der Waals surface area contributed by atoms with Crippen LogP contribution in [-0.4, -0.2) is 15.0 Å². The second-order valence-electron chi connectivity index (χ2n) is 13.1. The Bertz CT molecular complexity index is 2560. The van der Waals surface area contributed by atoms with Gasteiger partial charge >= 0.3 is 0 Å². The smallest absolute Gasteiger partial charge is 0.164 e. The summed E-state index contributed by atoms with van der Waals surface area (Å²) in [5, 5.41) is 10.5. The topological polar surface area (TPSA) is 65.7 Å². The van der Waals surface area contributed by atoms with Gasteiger partial charge in [-0.2, -0.15) is 5.26 Å². The molecule has 10 rings (SSSR count). The number of nitrogens with zero attached hydrogens (tertiary/aromatic N) is 5. The molecular weight excluding hydrogens is 635 g/mol. The van der Waals surface area contributed by atoms with Gasteiger partial charge in [0.1, 0.15) is 0 Å². The second-order valence-corrected chi connectivity index (χ2v) is 13.1. The molecule has 242 valence electrons. The summed E-state index contributed by atoms with van der Waals surface area (Å²) in [5.41, 5.74) is 12.9. The molecule has 0 saturated carbocycles. The standard InChI is InChI=1S/C47H29N5/c48-30-31-27-34(46-50-44(32-15-3-1-4-16-32)49-45(51-46)33-17-5-2-6-18-33)29-35(28-31)52-42-25-13-11-23-40(42)47(41-24-12-14-26-43(41)52)38-21-9-7-19-36(38)37-20-8-10-22-39(37)47/h1-29H. The highest BCUT2D eigenvalue weighted by atomic mass is 15.2. The van der Waals surface area contributed by atoms with Gasteiger partial charge in [0, 0.05) is 22.4 Å².